The van der Waals surface area contributed by atoms with Crippen molar-refractivity contribution in [3.63, 3.8) is 0 Å². The Balaban J connectivity index is 1.88. The van der Waals surface area contributed by atoms with Gasteiger partial charge in [-0.15, -0.1) is 0 Å². The van der Waals surface area contributed by atoms with Crippen LogP contribution < -0.4 is 4.74 Å². The molecule has 0 bridgehead atoms. The molecule has 0 fully saturated rings. The minimum atomic E-state index is -1.12. The molecule has 10 heteroatoms. The quantitative estimate of drug-likeness (QED) is 0.280. The summed E-state index contributed by atoms with van der Waals surface area (Å²) in [6, 6.07) is 8.00. The van der Waals surface area contributed by atoms with Gasteiger partial charge in [0.2, 0.25) is 0 Å². The van der Waals surface area contributed by atoms with Crippen LogP contribution in [0, 0.1) is 5.82 Å². The number of phenols is 1. The summed E-state index contributed by atoms with van der Waals surface area (Å²) in [5.74, 6) is -2.92. The first-order chi connectivity index (χ1) is 14.8. The molecule has 0 aliphatic carbocycles. The van der Waals surface area contributed by atoms with Gasteiger partial charge in [0.15, 0.2) is 5.75 Å². The first-order valence-electron chi connectivity index (χ1n) is 9.12. The highest BCUT2D eigenvalue weighted by Crippen LogP contribution is 2.44. The highest BCUT2D eigenvalue weighted by atomic mass is 35.5. The fourth-order valence-electron chi connectivity index (χ4n) is 3.30. The SMILES string of the molecule is CCOC(=O)Oc1c2c(c(O)c3ccc(Cl)nc13)C(=O)N(Cc1ccc(F)cc1)C2=O. The van der Waals surface area contributed by atoms with Crippen molar-refractivity contribution >= 4 is 40.5 Å². The highest BCUT2D eigenvalue weighted by molar-refractivity contribution is 6.30. The third-order valence-corrected chi connectivity index (χ3v) is 4.88. The topological polar surface area (TPSA) is 106 Å². The fraction of sp³-hybridized carbons (Fsp3) is 0.143. The van der Waals surface area contributed by atoms with Crippen molar-refractivity contribution < 1.29 is 33.4 Å². The number of hydrogen-bond acceptors (Lipinski definition) is 7. The van der Waals surface area contributed by atoms with Crippen molar-refractivity contribution in [2.45, 2.75) is 13.5 Å². The molecule has 0 saturated heterocycles. The maximum absolute atomic E-state index is 13.2. The minimum absolute atomic E-state index is 0.00872. The maximum atomic E-state index is 13.2. The lowest BCUT2D eigenvalue weighted by molar-refractivity contribution is 0.0641. The second-order valence-electron chi connectivity index (χ2n) is 6.57. The van der Waals surface area contributed by atoms with E-state index in [1.807, 2.05) is 0 Å². The second-order valence-corrected chi connectivity index (χ2v) is 6.95. The summed E-state index contributed by atoms with van der Waals surface area (Å²) in [5.41, 5.74) is -0.265. The van der Waals surface area contributed by atoms with E-state index in [1.165, 1.54) is 36.4 Å². The first kappa shape index (κ1) is 20.5. The van der Waals surface area contributed by atoms with Crippen LogP contribution in [0.15, 0.2) is 36.4 Å². The zero-order valence-corrected chi connectivity index (χ0v) is 16.8. The summed E-state index contributed by atoms with van der Waals surface area (Å²) in [7, 11) is 0. The molecule has 1 N–H and O–H groups in total. The molecule has 8 nitrogen and oxygen atoms in total. The zero-order chi connectivity index (χ0) is 22.3. The molecule has 1 aliphatic heterocycles. The molecule has 4 rings (SSSR count). The average Bonchev–Trinajstić information content (AvgIpc) is 2.98. The molecule has 2 aromatic carbocycles. The Morgan fingerprint density at radius 2 is 1.81 bits per heavy atom. The van der Waals surface area contributed by atoms with Gasteiger partial charge >= 0.3 is 6.16 Å². The third-order valence-electron chi connectivity index (χ3n) is 4.66. The molecule has 1 aliphatic rings. The van der Waals surface area contributed by atoms with Crippen molar-refractivity contribution in [3.05, 3.63) is 64.1 Å². The summed E-state index contributed by atoms with van der Waals surface area (Å²) in [6.07, 6.45) is -1.12. The van der Waals surface area contributed by atoms with Crippen LogP contribution in [0.4, 0.5) is 9.18 Å². The standard InChI is InChI=1S/C21H14ClFN2O6/c1-2-30-21(29)31-18-15-14(17(26)12-7-8-13(22)24-16(12)18)19(27)25(20(15)28)9-10-3-5-11(23)6-4-10/h3-8,26H,2,9H2,1H3. The number of aromatic nitrogens is 1. The predicted octanol–water partition coefficient (Wildman–Crippen LogP) is 4.06. The summed E-state index contributed by atoms with van der Waals surface area (Å²) >= 11 is 5.95. The molecule has 0 spiro atoms. The number of amides is 2. The van der Waals surface area contributed by atoms with Gasteiger partial charge in [-0.05, 0) is 36.8 Å². The largest absolute Gasteiger partial charge is 0.513 e. The van der Waals surface area contributed by atoms with Gasteiger partial charge in [0.25, 0.3) is 11.8 Å². The van der Waals surface area contributed by atoms with Gasteiger partial charge in [0.1, 0.15) is 27.8 Å². The highest BCUT2D eigenvalue weighted by Gasteiger charge is 2.43. The van der Waals surface area contributed by atoms with Crippen LogP contribution in [0.25, 0.3) is 10.9 Å². The Labute approximate surface area is 179 Å². The molecular weight excluding hydrogens is 431 g/mol. The molecule has 2 amide bonds. The fourth-order valence-corrected chi connectivity index (χ4v) is 3.45. The third kappa shape index (κ3) is 3.53. The van der Waals surface area contributed by atoms with Crippen LogP contribution in [0.5, 0.6) is 11.5 Å². The number of nitrogens with zero attached hydrogens (tertiary/aromatic N) is 2. The van der Waals surface area contributed by atoms with E-state index in [4.69, 9.17) is 21.1 Å². The second kappa shape index (κ2) is 7.84. The van der Waals surface area contributed by atoms with Crippen molar-refractivity contribution in [2.24, 2.45) is 0 Å². The molecule has 0 saturated carbocycles. The zero-order valence-electron chi connectivity index (χ0n) is 16.0. The number of pyridine rings is 1. The van der Waals surface area contributed by atoms with Gasteiger partial charge in [0.05, 0.1) is 18.7 Å². The molecule has 2 heterocycles. The number of carbonyl (C=O) groups excluding carboxylic acids is 3. The van der Waals surface area contributed by atoms with E-state index in [9.17, 15) is 23.9 Å². The lowest BCUT2D eigenvalue weighted by Gasteiger charge is -2.14. The number of imide groups is 1. The van der Waals surface area contributed by atoms with Crippen LogP contribution >= 0.6 is 11.6 Å². The van der Waals surface area contributed by atoms with Crippen molar-refractivity contribution in [2.75, 3.05) is 6.61 Å². The van der Waals surface area contributed by atoms with Gasteiger partial charge in [0, 0.05) is 5.39 Å². The van der Waals surface area contributed by atoms with E-state index < -0.39 is 29.5 Å². The number of aromatic hydroxyl groups is 1. The molecule has 1 aromatic heterocycles. The van der Waals surface area contributed by atoms with Crippen LogP contribution in [0.2, 0.25) is 5.15 Å². The van der Waals surface area contributed by atoms with E-state index in [-0.39, 0.29) is 46.1 Å². The smallest absolute Gasteiger partial charge is 0.506 e. The Bertz CT molecular complexity index is 1250. The normalized spacial score (nSPS) is 12.9. The minimum Gasteiger partial charge on any atom is -0.506 e. The van der Waals surface area contributed by atoms with Crippen LogP contribution in [0.1, 0.15) is 33.2 Å². The number of fused-ring (bicyclic) bond motifs is 2. The Morgan fingerprint density at radius 3 is 2.48 bits per heavy atom. The van der Waals surface area contributed by atoms with Gasteiger partial charge in [-0.2, -0.15) is 0 Å². The summed E-state index contributed by atoms with van der Waals surface area (Å²) in [6.45, 7) is 1.39. The average molecular weight is 445 g/mol. The lowest BCUT2D eigenvalue weighted by atomic mass is 10.0. The number of hydrogen-bond donors (Lipinski definition) is 1. The number of phenolic OH excluding ortho intramolecular Hbond substituents is 1. The monoisotopic (exact) mass is 444 g/mol. The number of benzene rings is 2. The first-order valence-corrected chi connectivity index (χ1v) is 9.50. The molecule has 158 valence electrons. The molecular formula is C21H14ClFN2O6. The number of carbonyl (C=O) groups is 3. The van der Waals surface area contributed by atoms with Gasteiger partial charge in [-0.1, -0.05) is 23.7 Å². The number of ether oxygens (including phenoxy) is 2. The van der Waals surface area contributed by atoms with Crippen molar-refractivity contribution in [3.8, 4) is 11.5 Å². The predicted molar refractivity (Wildman–Crippen MR) is 107 cm³/mol. The summed E-state index contributed by atoms with van der Waals surface area (Å²) in [4.78, 5) is 43.1. The Kier molecular flexibility index (Phi) is 5.20. The van der Waals surface area contributed by atoms with Crippen molar-refractivity contribution in [1.82, 2.24) is 9.88 Å². The van der Waals surface area contributed by atoms with Crippen LogP contribution in [-0.2, 0) is 11.3 Å². The van der Waals surface area contributed by atoms with Gasteiger partial charge in [-0.25, -0.2) is 14.2 Å². The molecule has 0 unspecified atom stereocenters. The summed E-state index contributed by atoms with van der Waals surface area (Å²) in [5, 5.41) is 10.8. The molecule has 0 radical (unpaired) electrons. The Hall–Kier alpha value is -3.72. The molecule has 0 atom stereocenters. The van der Waals surface area contributed by atoms with E-state index >= 15 is 0 Å². The van der Waals surface area contributed by atoms with E-state index in [1.54, 1.807) is 6.92 Å². The van der Waals surface area contributed by atoms with E-state index in [0.717, 1.165) is 4.90 Å². The van der Waals surface area contributed by atoms with Crippen LogP contribution in [-0.4, -0.2) is 39.6 Å². The van der Waals surface area contributed by atoms with Gasteiger partial charge in [-0.3, -0.25) is 14.5 Å². The maximum Gasteiger partial charge on any atom is 0.513 e. The van der Waals surface area contributed by atoms with E-state index in [2.05, 4.69) is 4.98 Å². The van der Waals surface area contributed by atoms with Crippen molar-refractivity contribution in [1.29, 1.82) is 0 Å². The lowest BCUT2D eigenvalue weighted by Crippen LogP contribution is -2.29. The Morgan fingerprint density at radius 1 is 1.13 bits per heavy atom. The number of halogens is 2. The van der Waals surface area contributed by atoms with E-state index in [0.29, 0.717) is 5.56 Å². The molecule has 3 aromatic rings. The molecule has 31 heavy (non-hydrogen) atoms. The number of rotatable bonds is 4. The summed E-state index contributed by atoms with van der Waals surface area (Å²) < 4.78 is 23.2. The van der Waals surface area contributed by atoms with Crippen LogP contribution in [0.3, 0.4) is 0 Å². The van der Waals surface area contributed by atoms with Gasteiger partial charge < -0.3 is 14.6 Å².